The van der Waals surface area contributed by atoms with Gasteiger partial charge in [0.15, 0.2) is 0 Å². The standard InChI is InChI=1S/C16H17ClN2O3S/c1-3-23(21,22)19-14-6-4-5-12(10-14)16(20)18-15-8-7-13(17)9-11(15)2/h4-10,19H,3H2,1-2H3,(H,18,20). The highest BCUT2D eigenvalue weighted by Crippen LogP contribution is 2.21. The van der Waals surface area contributed by atoms with Gasteiger partial charge >= 0.3 is 0 Å². The molecular formula is C16H17ClN2O3S. The van der Waals surface area contributed by atoms with Gasteiger partial charge in [0.2, 0.25) is 10.0 Å². The van der Waals surface area contributed by atoms with Crippen LogP contribution in [0.1, 0.15) is 22.8 Å². The third kappa shape index (κ3) is 4.71. The quantitative estimate of drug-likeness (QED) is 0.862. The number of carbonyl (C=O) groups excluding carboxylic acids is 1. The summed E-state index contributed by atoms with van der Waals surface area (Å²) in [5.41, 5.74) is 2.20. The van der Waals surface area contributed by atoms with E-state index in [9.17, 15) is 13.2 Å². The molecule has 0 saturated carbocycles. The first-order chi connectivity index (χ1) is 10.8. The molecule has 0 fully saturated rings. The minimum Gasteiger partial charge on any atom is -0.322 e. The molecule has 2 aromatic carbocycles. The molecule has 2 rings (SSSR count). The van der Waals surface area contributed by atoms with Crippen LogP contribution in [0.2, 0.25) is 5.02 Å². The first-order valence-corrected chi connectivity index (χ1v) is 9.02. The molecule has 0 aromatic heterocycles. The van der Waals surface area contributed by atoms with Crippen LogP contribution in [0.3, 0.4) is 0 Å². The van der Waals surface area contributed by atoms with Gasteiger partial charge in [-0.05, 0) is 55.8 Å². The minimum absolute atomic E-state index is 0.0343. The summed E-state index contributed by atoms with van der Waals surface area (Å²) in [6, 6.07) is 11.5. The lowest BCUT2D eigenvalue weighted by atomic mass is 10.1. The second-order valence-corrected chi connectivity index (χ2v) is 7.45. The van der Waals surface area contributed by atoms with E-state index in [1.165, 1.54) is 6.07 Å². The van der Waals surface area contributed by atoms with Crippen LogP contribution in [0.25, 0.3) is 0 Å². The number of nitrogens with one attached hydrogen (secondary N) is 2. The van der Waals surface area contributed by atoms with E-state index in [1.807, 2.05) is 6.92 Å². The number of sulfonamides is 1. The van der Waals surface area contributed by atoms with Crippen molar-refractivity contribution in [2.24, 2.45) is 0 Å². The van der Waals surface area contributed by atoms with Crippen LogP contribution in [0.5, 0.6) is 0 Å². The Morgan fingerprint density at radius 2 is 1.91 bits per heavy atom. The molecule has 0 aliphatic carbocycles. The van der Waals surface area contributed by atoms with E-state index in [1.54, 1.807) is 43.3 Å². The zero-order chi connectivity index (χ0) is 17.0. The summed E-state index contributed by atoms with van der Waals surface area (Å²) in [4.78, 5) is 12.3. The fourth-order valence-corrected chi connectivity index (χ4v) is 2.79. The van der Waals surface area contributed by atoms with Crippen LogP contribution in [0.4, 0.5) is 11.4 Å². The fourth-order valence-electron chi connectivity index (χ4n) is 1.94. The molecule has 1 amide bonds. The van der Waals surface area contributed by atoms with Gasteiger partial charge in [-0.2, -0.15) is 0 Å². The lowest BCUT2D eigenvalue weighted by molar-refractivity contribution is 0.102. The highest BCUT2D eigenvalue weighted by molar-refractivity contribution is 7.92. The molecule has 122 valence electrons. The van der Waals surface area contributed by atoms with Gasteiger partial charge in [0.25, 0.3) is 5.91 Å². The third-order valence-electron chi connectivity index (χ3n) is 3.21. The van der Waals surface area contributed by atoms with Crippen LogP contribution in [-0.2, 0) is 10.0 Å². The summed E-state index contributed by atoms with van der Waals surface area (Å²) in [6.07, 6.45) is 0. The highest BCUT2D eigenvalue weighted by atomic mass is 35.5. The number of hydrogen-bond acceptors (Lipinski definition) is 3. The predicted octanol–water partition coefficient (Wildman–Crippen LogP) is 3.66. The number of rotatable bonds is 5. The molecule has 0 aliphatic rings. The Kier molecular flexibility index (Phi) is 5.28. The molecule has 0 atom stereocenters. The number of carbonyl (C=O) groups is 1. The van der Waals surface area contributed by atoms with Gasteiger partial charge in [-0.1, -0.05) is 17.7 Å². The van der Waals surface area contributed by atoms with Gasteiger partial charge in [0.05, 0.1) is 5.75 Å². The van der Waals surface area contributed by atoms with E-state index >= 15 is 0 Å². The van der Waals surface area contributed by atoms with Gasteiger partial charge in [0, 0.05) is 22.0 Å². The van der Waals surface area contributed by atoms with Gasteiger partial charge < -0.3 is 5.32 Å². The maximum absolute atomic E-state index is 12.3. The van der Waals surface area contributed by atoms with Crippen LogP contribution >= 0.6 is 11.6 Å². The van der Waals surface area contributed by atoms with Crippen LogP contribution in [-0.4, -0.2) is 20.1 Å². The van der Waals surface area contributed by atoms with Gasteiger partial charge in [0.1, 0.15) is 0 Å². The molecule has 0 heterocycles. The lowest BCUT2D eigenvalue weighted by Crippen LogP contribution is -2.16. The maximum atomic E-state index is 12.3. The molecule has 0 unspecified atom stereocenters. The Labute approximate surface area is 140 Å². The lowest BCUT2D eigenvalue weighted by Gasteiger charge is -2.10. The van der Waals surface area contributed by atoms with Crippen molar-refractivity contribution in [2.45, 2.75) is 13.8 Å². The largest absolute Gasteiger partial charge is 0.322 e. The summed E-state index contributed by atoms with van der Waals surface area (Å²) >= 11 is 5.89. The monoisotopic (exact) mass is 352 g/mol. The summed E-state index contributed by atoms with van der Waals surface area (Å²) in [6.45, 7) is 3.38. The second-order valence-electron chi connectivity index (χ2n) is 5.00. The highest BCUT2D eigenvalue weighted by Gasteiger charge is 2.11. The Bertz CT molecular complexity index is 835. The second kappa shape index (κ2) is 7.02. The summed E-state index contributed by atoms with van der Waals surface area (Å²) in [7, 11) is -3.38. The van der Waals surface area contributed by atoms with E-state index in [-0.39, 0.29) is 11.7 Å². The van der Waals surface area contributed by atoms with E-state index in [2.05, 4.69) is 10.0 Å². The van der Waals surface area contributed by atoms with Crippen molar-refractivity contribution in [1.29, 1.82) is 0 Å². The molecule has 0 spiro atoms. The fraction of sp³-hybridized carbons (Fsp3) is 0.188. The van der Waals surface area contributed by atoms with E-state index in [0.717, 1.165) is 5.56 Å². The molecule has 5 nitrogen and oxygen atoms in total. The molecular weight excluding hydrogens is 336 g/mol. The van der Waals surface area contributed by atoms with Gasteiger partial charge in [-0.25, -0.2) is 8.42 Å². The average molecular weight is 353 g/mol. The Morgan fingerprint density at radius 1 is 1.17 bits per heavy atom. The molecule has 0 saturated heterocycles. The molecule has 7 heteroatoms. The first kappa shape index (κ1) is 17.3. The Morgan fingerprint density at radius 3 is 2.57 bits per heavy atom. The van der Waals surface area contributed by atoms with Crippen molar-refractivity contribution in [3.63, 3.8) is 0 Å². The molecule has 23 heavy (non-hydrogen) atoms. The molecule has 2 aromatic rings. The minimum atomic E-state index is -3.38. The van der Waals surface area contributed by atoms with Crippen molar-refractivity contribution < 1.29 is 13.2 Å². The van der Waals surface area contributed by atoms with Gasteiger partial charge in [-0.3, -0.25) is 9.52 Å². The third-order valence-corrected chi connectivity index (χ3v) is 4.76. The number of anilines is 2. The van der Waals surface area contributed by atoms with Crippen molar-refractivity contribution in [2.75, 3.05) is 15.8 Å². The van der Waals surface area contributed by atoms with Crippen LogP contribution in [0, 0.1) is 6.92 Å². The number of hydrogen-bond donors (Lipinski definition) is 2. The Hall–Kier alpha value is -2.05. The zero-order valence-corrected chi connectivity index (χ0v) is 14.3. The molecule has 0 bridgehead atoms. The zero-order valence-electron chi connectivity index (χ0n) is 12.8. The topological polar surface area (TPSA) is 75.3 Å². The van der Waals surface area contributed by atoms with Crippen LogP contribution < -0.4 is 10.0 Å². The molecule has 0 radical (unpaired) electrons. The summed E-state index contributed by atoms with van der Waals surface area (Å²) in [5.74, 6) is -0.360. The smallest absolute Gasteiger partial charge is 0.255 e. The molecule has 0 aliphatic heterocycles. The Balaban J connectivity index is 2.20. The summed E-state index contributed by atoms with van der Waals surface area (Å²) in [5, 5.41) is 3.38. The van der Waals surface area contributed by atoms with E-state index in [4.69, 9.17) is 11.6 Å². The van der Waals surface area contributed by atoms with Crippen molar-refractivity contribution in [1.82, 2.24) is 0 Å². The van der Waals surface area contributed by atoms with E-state index in [0.29, 0.717) is 22.0 Å². The van der Waals surface area contributed by atoms with Crippen molar-refractivity contribution in [3.05, 3.63) is 58.6 Å². The van der Waals surface area contributed by atoms with Crippen molar-refractivity contribution in [3.8, 4) is 0 Å². The van der Waals surface area contributed by atoms with E-state index < -0.39 is 10.0 Å². The number of halogens is 1. The SMILES string of the molecule is CCS(=O)(=O)Nc1cccc(C(=O)Nc2ccc(Cl)cc2C)c1. The average Bonchev–Trinajstić information content (AvgIpc) is 2.50. The number of benzene rings is 2. The van der Waals surface area contributed by atoms with Crippen LogP contribution in [0.15, 0.2) is 42.5 Å². The normalized spacial score (nSPS) is 11.1. The van der Waals surface area contributed by atoms with Crippen molar-refractivity contribution >= 4 is 38.9 Å². The molecule has 2 N–H and O–H groups in total. The maximum Gasteiger partial charge on any atom is 0.255 e. The number of aryl methyl sites for hydroxylation is 1. The summed E-state index contributed by atoms with van der Waals surface area (Å²) < 4.78 is 25.6. The first-order valence-electron chi connectivity index (χ1n) is 6.99. The predicted molar refractivity (Wildman–Crippen MR) is 93.7 cm³/mol. The number of amides is 1. The van der Waals surface area contributed by atoms with Gasteiger partial charge in [-0.15, -0.1) is 0 Å².